The predicted molar refractivity (Wildman–Crippen MR) is 78.9 cm³/mol. The molecule has 20 heavy (non-hydrogen) atoms. The first kappa shape index (κ1) is 15.0. The van der Waals surface area contributed by atoms with Crippen LogP contribution in [0.5, 0.6) is 0 Å². The van der Waals surface area contributed by atoms with Crippen molar-refractivity contribution in [3.05, 3.63) is 45.7 Å². The van der Waals surface area contributed by atoms with Gasteiger partial charge in [-0.15, -0.1) is 5.10 Å². The Hall–Kier alpha value is -1.37. The Morgan fingerprint density at radius 2 is 2.05 bits per heavy atom. The lowest BCUT2D eigenvalue weighted by Crippen LogP contribution is -2.31. The maximum Gasteiger partial charge on any atom is 0.123 e. The number of halogens is 1. The molecule has 0 saturated heterocycles. The molecule has 0 aliphatic heterocycles. The summed E-state index contributed by atoms with van der Waals surface area (Å²) in [7, 11) is 0. The number of hydrogen-bond acceptors (Lipinski definition) is 5. The van der Waals surface area contributed by atoms with Gasteiger partial charge in [0.15, 0.2) is 0 Å². The monoisotopic (exact) mass is 294 g/mol. The summed E-state index contributed by atoms with van der Waals surface area (Å²) in [4.78, 5) is 0.967. The number of aryl methyl sites for hydroxylation is 1. The zero-order chi connectivity index (χ0) is 14.9. The zero-order valence-electron chi connectivity index (χ0n) is 12.1. The summed E-state index contributed by atoms with van der Waals surface area (Å²) in [6, 6.07) is 4.47. The van der Waals surface area contributed by atoms with Gasteiger partial charge in [0.1, 0.15) is 5.82 Å². The molecule has 4 nitrogen and oxygen atoms in total. The first-order valence-corrected chi connectivity index (χ1v) is 7.17. The molecule has 3 N–H and O–H groups in total. The van der Waals surface area contributed by atoms with Crippen molar-refractivity contribution in [3.8, 4) is 0 Å². The number of benzene rings is 1. The molecule has 0 aliphatic carbocycles. The highest BCUT2D eigenvalue weighted by Gasteiger charge is 2.28. The fourth-order valence-electron chi connectivity index (χ4n) is 2.18. The Morgan fingerprint density at radius 1 is 1.35 bits per heavy atom. The third-order valence-corrected chi connectivity index (χ3v) is 3.98. The molecule has 2 aromatic rings. The summed E-state index contributed by atoms with van der Waals surface area (Å²) in [5, 5.41) is 4.23. The molecule has 1 aromatic carbocycles. The highest BCUT2D eigenvalue weighted by atomic mass is 32.1. The molecule has 0 fully saturated rings. The second-order valence-electron chi connectivity index (χ2n) is 5.84. The van der Waals surface area contributed by atoms with Crippen LogP contribution in [0, 0.1) is 12.7 Å². The highest BCUT2D eigenvalue weighted by Crippen LogP contribution is 2.34. The molecule has 0 bridgehead atoms. The van der Waals surface area contributed by atoms with Gasteiger partial charge in [-0.1, -0.05) is 31.3 Å². The van der Waals surface area contributed by atoms with Crippen molar-refractivity contribution in [1.82, 2.24) is 15.0 Å². The van der Waals surface area contributed by atoms with Crippen LogP contribution in [-0.2, 0) is 5.41 Å². The number of rotatable bonds is 3. The van der Waals surface area contributed by atoms with E-state index in [2.05, 4.69) is 35.8 Å². The van der Waals surface area contributed by atoms with Crippen molar-refractivity contribution in [3.63, 3.8) is 0 Å². The van der Waals surface area contributed by atoms with E-state index in [9.17, 15) is 4.39 Å². The van der Waals surface area contributed by atoms with Gasteiger partial charge in [-0.2, -0.15) is 0 Å². The van der Waals surface area contributed by atoms with E-state index < -0.39 is 0 Å². The molecule has 108 valence electrons. The van der Waals surface area contributed by atoms with Gasteiger partial charge >= 0.3 is 0 Å². The molecule has 0 amide bonds. The molecular weight excluding hydrogens is 275 g/mol. The summed E-state index contributed by atoms with van der Waals surface area (Å²) in [6.45, 7) is 8.11. The Morgan fingerprint density at radius 3 is 2.60 bits per heavy atom. The molecular formula is C14H19FN4S. The number of hydrazine groups is 1. The highest BCUT2D eigenvalue weighted by molar-refractivity contribution is 7.05. The molecule has 0 saturated carbocycles. The maximum absolute atomic E-state index is 13.3. The second-order valence-corrected chi connectivity index (χ2v) is 6.62. The van der Waals surface area contributed by atoms with Crippen LogP contribution in [-0.4, -0.2) is 9.59 Å². The van der Waals surface area contributed by atoms with Gasteiger partial charge in [0.25, 0.3) is 0 Å². The molecule has 0 radical (unpaired) electrons. The van der Waals surface area contributed by atoms with Crippen molar-refractivity contribution in [2.24, 2.45) is 5.84 Å². The van der Waals surface area contributed by atoms with Crippen molar-refractivity contribution in [1.29, 1.82) is 0 Å². The van der Waals surface area contributed by atoms with Crippen LogP contribution in [0.25, 0.3) is 0 Å². The largest absolute Gasteiger partial charge is 0.271 e. The Bertz CT molecular complexity index is 603. The lowest BCUT2D eigenvalue weighted by molar-refractivity contribution is 0.542. The lowest BCUT2D eigenvalue weighted by atomic mass is 9.88. The lowest BCUT2D eigenvalue weighted by Gasteiger charge is -2.22. The third kappa shape index (κ3) is 2.87. The normalized spacial score (nSPS) is 13.5. The maximum atomic E-state index is 13.3. The summed E-state index contributed by atoms with van der Waals surface area (Å²) in [6.07, 6.45) is 0. The minimum atomic E-state index is -0.250. The van der Waals surface area contributed by atoms with Gasteiger partial charge in [0, 0.05) is 5.41 Å². The number of nitrogens with zero attached hydrogens (tertiary/aromatic N) is 2. The first-order chi connectivity index (χ1) is 9.34. The Kier molecular flexibility index (Phi) is 4.17. The van der Waals surface area contributed by atoms with E-state index in [-0.39, 0.29) is 17.3 Å². The molecule has 1 aromatic heterocycles. The quantitative estimate of drug-likeness (QED) is 0.675. The van der Waals surface area contributed by atoms with E-state index in [0.29, 0.717) is 0 Å². The van der Waals surface area contributed by atoms with E-state index in [4.69, 9.17) is 5.84 Å². The van der Waals surface area contributed by atoms with Gasteiger partial charge in [-0.3, -0.25) is 5.84 Å². The summed E-state index contributed by atoms with van der Waals surface area (Å²) < 4.78 is 17.3. The molecule has 1 atom stereocenters. The minimum absolute atomic E-state index is 0.120. The summed E-state index contributed by atoms with van der Waals surface area (Å²) in [5.74, 6) is 5.47. The van der Waals surface area contributed by atoms with E-state index in [0.717, 1.165) is 21.7 Å². The average Bonchev–Trinajstić information content (AvgIpc) is 2.81. The molecule has 0 spiro atoms. The second kappa shape index (κ2) is 5.55. The molecule has 0 aliphatic rings. The molecule has 6 heteroatoms. The minimum Gasteiger partial charge on any atom is -0.271 e. The van der Waals surface area contributed by atoms with E-state index in [1.807, 2.05) is 6.92 Å². The van der Waals surface area contributed by atoms with Crippen molar-refractivity contribution in [2.45, 2.75) is 39.2 Å². The van der Waals surface area contributed by atoms with Gasteiger partial charge in [0.2, 0.25) is 0 Å². The topological polar surface area (TPSA) is 63.8 Å². The Labute approximate surface area is 122 Å². The smallest absolute Gasteiger partial charge is 0.123 e. The fraction of sp³-hybridized carbons (Fsp3) is 0.429. The standard InChI is InChI=1S/C14H19FN4S/c1-8-7-9(15)5-6-10(8)11(17-16)12-13(14(2,3)4)18-19-20-12/h5-7,11,17H,16H2,1-4H3. The number of nitrogens with two attached hydrogens (primary N) is 1. The van der Waals surface area contributed by atoms with E-state index in [1.54, 1.807) is 6.07 Å². The van der Waals surface area contributed by atoms with Crippen molar-refractivity contribution in [2.75, 3.05) is 0 Å². The van der Waals surface area contributed by atoms with Crippen LogP contribution in [0.4, 0.5) is 4.39 Å². The average molecular weight is 294 g/mol. The van der Waals surface area contributed by atoms with E-state index >= 15 is 0 Å². The van der Waals surface area contributed by atoms with Crippen molar-refractivity contribution < 1.29 is 4.39 Å². The van der Waals surface area contributed by atoms with Crippen LogP contribution in [0.2, 0.25) is 0 Å². The number of aromatic nitrogens is 2. The molecule has 2 rings (SSSR count). The van der Waals surface area contributed by atoms with Gasteiger partial charge < -0.3 is 0 Å². The van der Waals surface area contributed by atoms with Gasteiger partial charge in [-0.05, 0) is 41.7 Å². The van der Waals surface area contributed by atoms with Crippen LogP contribution in [0.1, 0.15) is 48.5 Å². The third-order valence-electron chi connectivity index (χ3n) is 3.20. The Balaban J connectivity index is 2.51. The summed E-state index contributed by atoms with van der Waals surface area (Å²) in [5.41, 5.74) is 5.38. The summed E-state index contributed by atoms with van der Waals surface area (Å²) >= 11 is 1.32. The van der Waals surface area contributed by atoms with Crippen molar-refractivity contribution >= 4 is 11.5 Å². The predicted octanol–water partition coefficient (Wildman–Crippen LogP) is 2.84. The fourth-order valence-corrected chi connectivity index (χ4v) is 3.12. The van der Waals surface area contributed by atoms with Crippen LogP contribution in [0.15, 0.2) is 18.2 Å². The zero-order valence-corrected chi connectivity index (χ0v) is 12.9. The number of hydrogen-bond donors (Lipinski definition) is 2. The number of nitrogens with one attached hydrogen (secondary N) is 1. The van der Waals surface area contributed by atoms with Crippen LogP contribution >= 0.6 is 11.5 Å². The molecule has 1 heterocycles. The van der Waals surface area contributed by atoms with Gasteiger partial charge in [-0.25, -0.2) is 9.82 Å². The SMILES string of the molecule is Cc1cc(F)ccc1C(NN)c1snnc1C(C)(C)C. The first-order valence-electron chi connectivity index (χ1n) is 6.39. The van der Waals surface area contributed by atoms with E-state index in [1.165, 1.54) is 23.7 Å². The van der Waals surface area contributed by atoms with Gasteiger partial charge in [0.05, 0.1) is 16.6 Å². The molecule has 1 unspecified atom stereocenters. The van der Waals surface area contributed by atoms with Crippen LogP contribution in [0.3, 0.4) is 0 Å². The van der Waals surface area contributed by atoms with Crippen LogP contribution < -0.4 is 11.3 Å².